The van der Waals surface area contributed by atoms with E-state index in [1.54, 1.807) is 36.4 Å². The van der Waals surface area contributed by atoms with Gasteiger partial charge in [0.15, 0.2) is 0 Å². The minimum Gasteiger partial charge on any atom is -0.350 e. The van der Waals surface area contributed by atoms with Gasteiger partial charge < -0.3 is 5.32 Å². The van der Waals surface area contributed by atoms with Gasteiger partial charge in [-0.25, -0.2) is 8.42 Å². The molecule has 0 spiro atoms. The van der Waals surface area contributed by atoms with Gasteiger partial charge in [0.05, 0.1) is 10.6 Å². The molecule has 0 radical (unpaired) electrons. The Hall–Kier alpha value is -2.05. The monoisotopic (exact) mass is 450 g/mol. The fourth-order valence-corrected chi connectivity index (χ4v) is 5.30. The van der Waals surface area contributed by atoms with Gasteiger partial charge in [0.25, 0.3) is 10.0 Å². The van der Waals surface area contributed by atoms with Gasteiger partial charge in [-0.3, -0.25) is 9.10 Å². The second-order valence-corrected chi connectivity index (χ2v) is 11.7. The molecule has 0 aromatic heterocycles. The van der Waals surface area contributed by atoms with Crippen molar-refractivity contribution >= 4 is 33.2 Å². The fourth-order valence-electron chi connectivity index (χ4n) is 3.69. The third-order valence-electron chi connectivity index (χ3n) is 4.51. The van der Waals surface area contributed by atoms with Crippen LogP contribution < -0.4 is 9.62 Å². The molecule has 0 saturated carbocycles. The lowest BCUT2D eigenvalue weighted by Gasteiger charge is -2.34. The molecule has 0 aliphatic carbocycles. The molecule has 7 heteroatoms. The van der Waals surface area contributed by atoms with Crippen LogP contribution in [0.15, 0.2) is 53.4 Å². The van der Waals surface area contributed by atoms with E-state index in [4.69, 9.17) is 11.6 Å². The zero-order valence-corrected chi connectivity index (χ0v) is 20.1. The Kier molecular flexibility index (Phi) is 7.25. The van der Waals surface area contributed by atoms with E-state index in [1.165, 1.54) is 12.1 Å². The quantitative estimate of drug-likeness (QED) is 0.632. The van der Waals surface area contributed by atoms with Gasteiger partial charge >= 0.3 is 0 Å². The Balaban J connectivity index is 2.39. The second kappa shape index (κ2) is 8.98. The summed E-state index contributed by atoms with van der Waals surface area (Å²) in [7, 11) is -3.96. The van der Waals surface area contributed by atoms with E-state index in [9.17, 15) is 13.2 Å². The Morgan fingerprint density at radius 2 is 1.63 bits per heavy atom. The van der Waals surface area contributed by atoms with E-state index in [-0.39, 0.29) is 22.8 Å². The van der Waals surface area contributed by atoms with Crippen LogP contribution >= 0.6 is 11.6 Å². The first-order valence-corrected chi connectivity index (χ1v) is 11.7. The summed E-state index contributed by atoms with van der Waals surface area (Å²) in [5, 5.41) is 3.42. The Labute approximate surface area is 185 Å². The van der Waals surface area contributed by atoms with Gasteiger partial charge in [-0.2, -0.15) is 0 Å². The largest absolute Gasteiger partial charge is 0.350 e. The molecule has 30 heavy (non-hydrogen) atoms. The van der Waals surface area contributed by atoms with E-state index in [2.05, 4.69) is 26.1 Å². The molecule has 1 N–H and O–H groups in total. The molecule has 2 rings (SSSR count). The van der Waals surface area contributed by atoms with Gasteiger partial charge in [0.2, 0.25) is 5.91 Å². The highest BCUT2D eigenvalue weighted by Crippen LogP contribution is 2.29. The van der Waals surface area contributed by atoms with E-state index in [0.29, 0.717) is 10.7 Å². The minimum absolute atomic E-state index is 0.0110. The molecule has 0 bridgehead atoms. The van der Waals surface area contributed by atoms with Crippen LogP contribution in [0.4, 0.5) is 5.69 Å². The molecule has 0 atom stereocenters. The Morgan fingerprint density at radius 1 is 1.03 bits per heavy atom. The van der Waals surface area contributed by atoms with Gasteiger partial charge in [0, 0.05) is 10.6 Å². The van der Waals surface area contributed by atoms with E-state index >= 15 is 0 Å². The highest BCUT2D eigenvalue weighted by molar-refractivity contribution is 7.92. The lowest BCUT2D eigenvalue weighted by Crippen LogP contribution is -2.50. The normalized spacial score (nSPS) is 12.5. The van der Waals surface area contributed by atoms with E-state index in [0.717, 1.165) is 16.3 Å². The van der Waals surface area contributed by atoms with E-state index < -0.39 is 15.6 Å². The summed E-state index contributed by atoms with van der Waals surface area (Å²) in [5.74, 6) is -0.375. The third-order valence-corrected chi connectivity index (χ3v) is 6.71. The van der Waals surface area contributed by atoms with Crippen LogP contribution in [0.2, 0.25) is 5.02 Å². The summed E-state index contributed by atoms with van der Waals surface area (Å²) < 4.78 is 27.8. The fraction of sp³-hybridized carbons (Fsp3) is 0.435. The summed E-state index contributed by atoms with van der Waals surface area (Å²) in [4.78, 5) is 13.0. The lowest BCUT2D eigenvalue weighted by molar-refractivity contribution is -0.121. The average Bonchev–Trinajstić information content (AvgIpc) is 2.60. The Morgan fingerprint density at radius 3 is 2.17 bits per heavy atom. The molecule has 1 amide bonds. The number of benzene rings is 2. The summed E-state index contributed by atoms with van der Waals surface area (Å²) in [6.45, 7) is 11.7. The van der Waals surface area contributed by atoms with Crippen LogP contribution in [0.25, 0.3) is 0 Å². The predicted molar refractivity (Wildman–Crippen MR) is 123 cm³/mol. The third kappa shape index (κ3) is 6.47. The van der Waals surface area contributed by atoms with Crippen molar-refractivity contribution in [2.45, 2.75) is 58.4 Å². The standard InChI is InChI=1S/C23H31ClN2O3S/c1-17-12-13-18(14-20(17)24)26(30(28,29)19-10-8-7-9-11-19)15-21(27)25-23(5,6)16-22(2,3)4/h7-14H,15-16H2,1-6H3,(H,25,27). The van der Waals surface area contributed by atoms with Crippen LogP contribution in [-0.4, -0.2) is 26.4 Å². The molecular weight excluding hydrogens is 420 g/mol. The number of hydrogen-bond acceptors (Lipinski definition) is 3. The number of carbonyl (C=O) groups is 1. The average molecular weight is 451 g/mol. The van der Waals surface area contributed by atoms with Crippen molar-refractivity contribution in [2.75, 3.05) is 10.8 Å². The van der Waals surface area contributed by atoms with Crippen molar-refractivity contribution in [3.05, 3.63) is 59.1 Å². The van der Waals surface area contributed by atoms with Crippen LogP contribution in [0, 0.1) is 12.3 Å². The second-order valence-electron chi connectivity index (χ2n) is 9.43. The molecule has 2 aromatic carbocycles. The van der Waals surface area contributed by atoms with Crippen LogP contribution in [0.3, 0.4) is 0 Å². The van der Waals surface area contributed by atoms with Gasteiger partial charge in [-0.1, -0.05) is 56.6 Å². The zero-order chi connectivity index (χ0) is 22.7. The summed E-state index contributed by atoms with van der Waals surface area (Å²) >= 11 is 6.25. The minimum atomic E-state index is -3.96. The predicted octanol–water partition coefficient (Wildman–Crippen LogP) is 5.17. The van der Waals surface area contributed by atoms with E-state index in [1.807, 2.05) is 20.8 Å². The van der Waals surface area contributed by atoms with Crippen LogP contribution in [-0.2, 0) is 14.8 Å². The molecule has 0 fully saturated rings. The zero-order valence-electron chi connectivity index (χ0n) is 18.5. The highest BCUT2D eigenvalue weighted by atomic mass is 35.5. The topological polar surface area (TPSA) is 66.5 Å². The van der Waals surface area contributed by atoms with Crippen LogP contribution in [0.1, 0.15) is 46.6 Å². The molecule has 5 nitrogen and oxygen atoms in total. The SMILES string of the molecule is Cc1ccc(N(CC(=O)NC(C)(C)CC(C)(C)C)S(=O)(=O)c2ccccc2)cc1Cl. The summed E-state index contributed by atoms with van der Waals surface area (Å²) in [6, 6.07) is 13.1. The number of halogens is 1. The number of hydrogen-bond donors (Lipinski definition) is 1. The highest BCUT2D eigenvalue weighted by Gasteiger charge is 2.31. The first kappa shape index (κ1) is 24.2. The van der Waals surface area contributed by atoms with Crippen molar-refractivity contribution < 1.29 is 13.2 Å². The molecule has 0 heterocycles. The molecule has 0 aliphatic rings. The van der Waals surface area contributed by atoms with Crippen LogP contribution in [0.5, 0.6) is 0 Å². The molecule has 0 saturated heterocycles. The van der Waals surface area contributed by atoms with Crippen molar-refractivity contribution in [3.8, 4) is 0 Å². The molecule has 0 aliphatic heterocycles. The van der Waals surface area contributed by atoms with Crippen molar-refractivity contribution in [2.24, 2.45) is 5.41 Å². The first-order valence-electron chi connectivity index (χ1n) is 9.86. The Bertz CT molecular complexity index is 997. The van der Waals surface area contributed by atoms with Gasteiger partial charge in [0.1, 0.15) is 6.54 Å². The molecular formula is C23H31ClN2O3S. The number of carbonyl (C=O) groups excluding carboxylic acids is 1. The maximum atomic E-state index is 13.4. The lowest BCUT2D eigenvalue weighted by atomic mass is 9.82. The van der Waals surface area contributed by atoms with Crippen molar-refractivity contribution in [1.29, 1.82) is 0 Å². The smallest absolute Gasteiger partial charge is 0.264 e. The van der Waals surface area contributed by atoms with Crippen molar-refractivity contribution in [3.63, 3.8) is 0 Å². The number of aryl methyl sites for hydroxylation is 1. The van der Waals surface area contributed by atoms with Gasteiger partial charge in [-0.05, 0) is 62.4 Å². The number of sulfonamides is 1. The first-order chi connectivity index (χ1) is 13.7. The molecule has 164 valence electrons. The number of amides is 1. The number of rotatable bonds is 7. The number of nitrogens with one attached hydrogen (secondary N) is 1. The molecule has 2 aromatic rings. The number of nitrogens with zero attached hydrogens (tertiary/aromatic N) is 1. The summed E-state index contributed by atoms with van der Waals surface area (Å²) in [6.07, 6.45) is 0.744. The number of anilines is 1. The summed E-state index contributed by atoms with van der Waals surface area (Å²) in [5.41, 5.74) is 0.700. The van der Waals surface area contributed by atoms with Crippen molar-refractivity contribution in [1.82, 2.24) is 5.32 Å². The van der Waals surface area contributed by atoms with Gasteiger partial charge in [-0.15, -0.1) is 0 Å². The maximum absolute atomic E-state index is 13.4. The molecule has 0 unspecified atom stereocenters. The maximum Gasteiger partial charge on any atom is 0.264 e.